The van der Waals surface area contributed by atoms with Crippen molar-refractivity contribution in [3.05, 3.63) is 58.0 Å². The fraction of sp³-hybridized carbons (Fsp3) is 0.273. The predicted molar refractivity (Wildman–Crippen MR) is 112 cm³/mol. The lowest BCUT2D eigenvalue weighted by Crippen LogP contribution is -2.19. The van der Waals surface area contributed by atoms with Crippen LogP contribution in [0.25, 0.3) is 10.8 Å². The molecule has 3 N–H and O–H groups in total. The number of thiophene rings is 1. The van der Waals surface area contributed by atoms with Gasteiger partial charge in [0.2, 0.25) is 0 Å². The van der Waals surface area contributed by atoms with Crippen LogP contribution >= 0.6 is 11.3 Å². The van der Waals surface area contributed by atoms with Crippen molar-refractivity contribution >= 4 is 38.9 Å². The molecular weight excluding hydrogens is 372 g/mol. The molecule has 0 saturated heterocycles. The number of methoxy groups -OCH3 is 1. The Bertz CT molecular complexity index is 1090. The minimum atomic E-state index is -0.493. The Balaban J connectivity index is 1.73. The molecule has 6 heteroatoms. The Kier molecular flexibility index (Phi) is 4.81. The number of amides is 2. The van der Waals surface area contributed by atoms with Gasteiger partial charge in [-0.2, -0.15) is 0 Å². The number of carbonyl (C=O) groups is 2. The second-order valence-corrected chi connectivity index (χ2v) is 8.38. The molecule has 2 amide bonds. The molecule has 1 aliphatic rings. The van der Waals surface area contributed by atoms with Gasteiger partial charge in [0, 0.05) is 4.88 Å². The quantitative estimate of drug-likeness (QED) is 0.689. The van der Waals surface area contributed by atoms with E-state index in [1.54, 1.807) is 7.11 Å². The summed E-state index contributed by atoms with van der Waals surface area (Å²) < 4.78 is 5.44. The van der Waals surface area contributed by atoms with Crippen LogP contribution in [-0.4, -0.2) is 18.9 Å². The van der Waals surface area contributed by atoms with Crippen molar-refractivity contribution < 1.29 is 14.3 Å². The Labute approximate surface area is 167 Å². The molecule has 0 fully saturated rings. The standard InChI is InChI=1S/C22H22N2O3S/c1-12-7-8-15-18(9-12)28-22(19(15)20(23)25)24-21(26)16-10-13-5-3-4-6-14(13)11-17(16)27-2/h3-6,10-12H,7-9H2,1-2H3,(H2,23,25)(H,24,26). The molecule has 1 heterocycles. The summed E-state index contributed by atoms with van der Waals surface area (Å²) in [6.45, 7) is 2.20. The Morgan fingerprint density at radius 2 is 1.93 bits per heavy atom. The normalized spacial score (nSPS) is 15.9. The summed E-state index contributed by atoms with van der Waals surface area (Å²) in [6.07, 6.45) is 2.76. The maximum absolute atomic E-state index is 13.1. The SMILES string of the molecule is COc1cc2ccccc2cc1C(=O)Nc1sc2c(c1C(N)=O)CCC(C)C2. The Hall–Kier alpha value is -2.86. The van der Waals surface area contributed by atoms with E-state index < -0.39 is 5.91 Å². The summed E-state index contributed by atoms with van der Waals surface area (Å²) in [5.74, 6) is 0.257. The van der Waals surface area contributed by atoms with Crippen molar-refractivity contribution in [3.63, 3.8) is 0 Å². The third kappa shape index (κ3) is 3.24. The zero-order chi connectivity index (χ0) is 19.8. The molecule has 144 valence electrons. The molecular formula is C22H22N2O3S. The summed E-state index contributed by atoms with van der Waals surface area (Å²) in [5, 5.41) is 5.39. The fourth-order valence-corrected chi connectivity index (χ4v) is 5.25. The molecule has 0 spiro atoms. The number of primary amides is 1. The average Bonchev–Trinajstić information content (AvgIpc) is 3.03. The summed E-state index contributed by atoms with van der Waals surface area (Å²) in [5.41, 5.74) is 7.54. The van der Waals surface area contributed by atoms with Gasteiger partial charge in [0.15, 0.2) is 0 Å². The van der Waals surface area contributed by atoms with Gasteiger partial charge >= 0.3 is 0 Å². The third-order valence-electron chi connectivity index (χ3n) is 5.30. The van der Waals surface area contributed by atoms with Gasteiger partial charge in [0.25, 0.3) is 11.8 Å². The number of carbonyl (C=O) groups excluding carboxylic acids is 2. The molecule has 0 saturated carbocycles. The number of fused-ring (bicyclic) bond motifs is 2. The van der Waals surface area contributed by atoms with Crippen LogP contribution in [0.2, 0.25) is 0 Å². The van der Waals surface area contributed by atoms with Crippen LogP contribution in [0.4, 0.5) is 5.00 Å². The van der Waals surface area contributed by atoms with Crippen LogP contribution in [-0.2, 0) is 12.8 Å². The molecule has 2 aromatic carbocycles. The van der Waals surface area contributed by atoms with Gasteiger partial charge in [0.1, 0.15) is 10.8 Å². The van der Waals surface area contributed by atoms with Crippen LogP contribution in [0, 0.1) is 5.92 Å². The lowest BCUT2D eigenvalue weighted by molar-refractivity contribution is 0.1000. The van der Waals surface area contributed by atoms with Gasteiger partial charge in [-0.25, -0.2) is 0 Å². The molecule has 1 unspecified atom stereocenters. The topological polar surface area (TPSA) is 81.4 Å². The van der Waals surface area contributed by atoms with Crippen LogP contribution in [0.15, 0.2) is 36.4 Å². The van der Waals surface area contributed by atoms with E-state index in [1.807, 2.05) is 36.4 Å². The highest BCUT2D eigenvalue weighted by molar-refractivity contribution is 7.17. The largest absolute Gasteiger partial charge is 0.496 e. The summed E-state index contributed by atoms with van der Waals surface area (Å²) in [7, 11) is 1.54. The molecule has 1 aromatic heterocycles. The van der Waals surface area contributed by atoms with Crippen LogP contribution in [0.5, 0.6) is 5.75 Å². The van der Waals surface area contributed by atoms with E-state index in [4.69, 9.17) is 10.5 Å². The number of rotatable bonds is 4. The molecule has 4 rings (SSSR count). The van der Waals surface area contributed by atoms with Crippen molar-refractivity contribution in [2.45, 2.75) is 26.2 Å². The van der Waals surface area contributed by atoms with Gasteiger partial charge in [-0.05, 0) is 53.6 Å². The number of hydrogen-bond acceptors (Lipinski definition) is 4. The summed E-state index contributed by atoms with van der Waals surface area (Å²) in [4.78, 5) is 26.3. The minimum absolute atomic E-state index is 0.309. The highest BCUT2D eigenvalue weighted by atomic mass is 32.1. The average molecular weight is 394 g/mol. The van der Waals surface area contributed by atoms with Gasteiger partial charge in [-0.3, -0.25) is 9.59 Å². The molecule has 0 bridgehead atoms. The van der Waals surface area contributed by atoms with E-state index in [2.05, 4.69) is 12.2 Å². The van der Waals surface area contributed by atoms with E-state index in [9.17, 15) is 9.59 Å². The van der Waals surface area contributed by atoms with Crippen molar-refractivity contribution in [2.24, 2.45) is 11.7 Å². The highest BCUT2D eigenvalue weighted by Crippen LogP contribution is 2.40. The number of hydrogen-bond donors (Lipinski definition) is 2. The van der Waals surface area contributed by atoms with Crippen molar-refractivity contribution in [1.29, 1.82) is 0 Å². The van der Waals surface area contributed by atoms with Crippen molar-refractivity contribution in [2.75, 3.05) is 12.4 Å². The first kappa shape index (κ1) is 18.5. The van der Waals surface area contributed by atoms with Crippen molar-refractivity contribution in [1.82, 2.24) is 0 Å². The Morgan fingerprint density at radius 3 is 2.61 bits per heavy atom. The molecule has 28 heavy (non-hydrogen) atoms. The fourth-order valence-electron chi connectivity index (χ4n) is 3.84. The molecule has 0 radical (unpaired) electrons. The van der Waals surface area contributed by atoms with Gasteiger partial charge in [-0.1, -0.05) is 31.2 Å². The lowest BCUT2D eigenvalue weighted by atomic mass is 9.88. The number of nitrogens with two attached hydrogens (primary N) is 1. The van der Waals surface area contributed by atoms with E-state index in [0.717, 1.165) is 40.5 Å². The third-order valence-corrected chi connectivity index (χ3v) is 6.47. The minimum Gasteiger partial charge on any atom is -0.496 e. The second-order valence-electron chi connectivity index (χ2n) is 7.27. The number of nitrogens with one attached hydrogen (secondary N) is 1. The van der Waals surface area contributed by atoms with E-state index >= 15 is 0 Å². The smallest absolute Gasteiger partial charge is 0.260 e. The van der Waals surface area contributed by atoms with E-state index in [1.165, 1.54) is 11.3 Å². The van der Waals surface area contributed by atoms with Gasteiger partial charge in [0.05, 0.1) is 18.2 Å². The van der Waals surface area contributed by atoms with Crippen LogP contribution in [0.3, 0.4) is 0 Å². The molecule has 1 atom stereocenters. The summed E-state index contributed by atoms with van der Waals surface area (Å²) in [6, 6.07) is 11.4. The van der Waals surface area contributed by atoms with E-state index in [-0.39, 0.29) is 5.91 Å². The van der Waals surface area contributed by atoms with E-state index in [0.29, 0.717) is 27.8 Å². The lowest BCUT2D eigenvalue weighted by Gasteiger charge is -2.18. The highest BCUT2D eigenvalue weighted by Gasteiger charge is 2.28. The molecule has 5 nitrogen and oxygen atoms in total. The van der Waals surface area contributed by atoms with Gasteiger partial charge in [-0.15, -0.1) is 11.3 Å². The first-order chi connectivity index (χ1) is 13.5. The van der Waals surface area contributed by atoms with Crippen LogP contribution < -0.4 is 15.8 Å². The maximum Gasteiger partial charge on any atom is 0.260 e. The first-order valence-electron chi connectivity index (χ1n) is 9.30. The predicted octanol–water partition coefficient (Wildman–Crippen LogP) is 4.39. The van der Waals surface area contributed by atoms with Gasteiger partial charge < -0.3 is 15.8 Å². The monoisotopic (exact) mass is 394 g/mol. The molecule has 3 aromatic rings. The maximum atomic E-state index is 13.1. The first-order valence-corrected chi connectivity index (χ1v) is 10.1. The number of benzene rings is 2. The molecule has 0 aliphatic heterocycles. The van der Waals surface area contributed by atoms with Crippen molar-refractivity contribution in [3.8, 4) is 5.75 Å². The second kappa shape index (κ2) is 7.28. The summed E-state index contributed by atoms with van der Waals surface area (Å²) >= 11 is 1.46. The zero-order valence-electron chi connectivity index (χ0n) is 15.9. The Morgan fingerprint density at radius 1 is 1.21 bits per heavy atom. The number of ether oxygens (including phenoxy) is 1. The molecule has 1 aliphatic carbocycles. The zero-order valence-corrected chi connectivity index (χ0v) is 16.7. The number of anilines is 1. The van der Waals surface area contributed by atoms with Crippen LogP contribution in [0.1, 0.15) is 44.5 Å².